The van der Waals surface area contributed by atoms with E-state index in [-0.39, 0.29) is 18.9 Å². The van der Waals surface area contributed by atoms with Gasteiger partial charge in [0.25, 0.3) is 0 Å². The van der Waals surface area contributed by atoms with E-state index in [4.69, 9.17) is 14.2 Å². The van der Waals surface area contributed by atoms with Gasteiger partial charge in [-0.05, 0) is 6.92 Å². The van der Waals surface area contributed by atoms with Crippen molar-refractivity contribution in [1.29, 1.82) is 0 Å². The van der Waals surface area contributed by atoms with Crippen LogP contribution in [0.15, 0.2) is 0 Å². The maximum atomic E-state index is 11.5. The number of carbonyl (C=O) groups excluding carboxylic acids is 1. The van der Waals surface area contributed by atoms with E-state index in [2.05, 4.69) is 15.4 Å². The summed E-state index contributed by atoms with van der Waals surface area (Å²) in [7, 11) is 3.05. The number of nitrogens with one attached hydrogen (secondary N) is 1. The number of rotatable bonds is 6. The maximum Gasteiger partial charge on any atom is 0.360 e. The Morgan fingerprint density at radius 1 is 1.44 bits per heavy atom. The Morgan fingerprint density at radius 2 is 2.19 bits per heavy atom. The Morgan fingerprint density at radius 3 is 2.75 bits per heavy atom. The second-order valence-electron chi connectivity index (χ2n) is 2.96. The van der Waals surface area contributed by atoms with Crippen molar-refractivity contribution in [2.24, 2.45) is 0 Å². The molecule has 7 nitrogen and oxygen atoms in total. The summed E-state index contributed by atoms with van der Waals surface area (Å²) in [6.45, 7) is 2.29. The van der Waals surface area contributed by atoms with Gasteiger partial charge in [0.1, 0.15) is 11.8 Å². The second kappa shape index (κ2) is 6.19. The number of aromatic nitrogens is 3. The highest BCUT2D eigenvalue weighted by molar-refractivity contribution is 5.88. The lowest BCUT2D eigenvalue weighted by Crippen LogP contribution is -2.15. The lowest BCUT2D eigenvalue weighted by Gasteiger charge is -2.11. The Balaban J connectivity index is 2.87. The SMILES string of the molecule is CCOC(=O)c1n[nH]nc1C(COC)OC. The fourth-order valence-corrected chi connectivity index (χ4v) is 1.22. The van der Waals surface area contributed by atoms with Gasteiger partial charge in [-0.2, -0.15) is 10.3 Å². The van der Waals surface area contributed by atoms with E-state index in [9.17, 15) is 4.79 Å². The maximum absolute atomic E-state index is 11.5. The highest BCUT2D eigenvalue weighted by atomic mass is 16.5. The molecule has 0 spiro atoms. The van der Waals surface area contributed by atoms with Crippen LogP contribution >= 0.6 is 0 Å². The molecule has 1 aromatic heterocycles. The van der Waals surface area contributed by atoms with E-state index in [1.807, 2.05) is 0 Å². The van der Waals surface area contributed by atoms with Crippen molar-refractivity contribution in [2.75, 3.05) is 27.4 Å². The summed E-state index contributed by atoms with van der Waals surface area (Å²) in [5.41, 5.74) is 0.522. The van der Waals surface area contributed by atoms with E-state index < -0.39 is 12.1 Å². The third kappa shape index (κ3) is 2.77. The molecule has 90 valence electrons. The van der Waals surface area contributed by atoms with Crippen LogP contribution < -0.4 is 0 Å². The number of carbonyl (C=O) groups is 1. The van der Waals surface area contributed by atoms with Crippen LogP contribution in [0, 0.1) is 0 Å². The number of esters is 1. The Labute approximate surface area is 93.1 Å². The molecule has 1 N–H and O–H groups in total. The van der Waals surface area contributed by atoms with Crippen molar-refractivity contribution in [3.05, 3.63) is 11.4 Å². The first-order valence-corrected chi connectivity index (χ1v) is 4.84. The molecule has 0 aliphatic carbocycles. The average Bonchev–Trinajstić information content (AvgIpc) is 2.75. The van der Waals surface area contributed by atoms with Gasteiger partial charge in [-0.15, -0.1) is 5.10 Å². The quantitative estimate of drug-likeness (QED) is 0.707. The molecule has 1 heterocycles. The van der Waals surface area contributed by atoms with Gasteiger partial charge in [0.15, 0.2) is 5.69 Å². The first-order valence-electron chi connectivity index (χ1n) is 4.84. The lowest BCUT2D eigenvalue weighted by atomic mass is 10.2. The zero-order valence-corrected chi connectivity index (χ0v) is 9.52. The van der Waals surface area contributed by atoms with Crippen molar-refractivity contribution in [3.8, 4) is 0 Å². The van der Waals surface area contributed by atoms with Gasteiger partial charge in [0.2, 0.25) is 0 Å². The van der Waals surface area contributed by atoms with Crippen LogP contribution in [0.25, 0.3) is 0 Å². The molecular formula is C9H15N3O4. The third-order valence-electron chi connectivity index (χ3n) is 1.95. The molecule has 0 saturated heterocycles. The summed E-state index contributed by atoms with van der Waals surface area (Å²) in [6.07, 6.45) is -0.442. The van der Waals surface area contributed by atoms with E-state index >= 15 is 0 Å². The average molecular weight is 229 g/mol. The molecule has 0 saturated carbocycles. The molecule has 1 unspecified atom stereocenters. The fraction of sp³-hybridized carbons (Fsp3) is 0.667. The smallest absolute Gasteiger partial charge is 0.360 e. The van der Waals surface area contributed by atoms with E-state index in [0.717, 1.165) is 0 Å². The van der Waals surface area contributed by atoms with Gasteiger partial charge in [-0.25, -0.2) is 4.79 Å². The number of ether oxygens (including phenoxy) is 3. The topological polar surface area (TPSA) is 86.3 Å². The van der Waals surface area contributed by atoms with Gasteiger partial charge in [-0.1, -0.05) is 0 Å². The van der Waals surface area contributed by atoms with Crippen LogP contribution in [0.5, 0.6) is 0 Å². The summed E-state index contributed by atoms with van der Waals surface area (Å²) in [5, 5.41) is 9.98. The van der Waals surface area contributed by atoms with Gasteiger partial charge >= 0.3 is 5.97 Å². The normalized spacial score (nSPS) is 12.4. The number of hydrogen-bond donors (Lipinski definition) is 1. The molecule has 7 heteroatoms. The van der Waals surface area contributed by atoms with Crippen molar-refractivity contribution in [1.82, 2.24) is 15.4 Å². The van der Waals surface area contributed by atoms with Gasteiger partial charge in [0.05, 0.1) is 13.2 Å². The molecule has 1 rings (SSSR count). The minimum Gasteiger partial charge on any atom is -0.461 e. The predicted molar refractivity (Wildman–Crippen MR) is 54.0 cm³/mol. The Kier molecular flexibility index (Phi) is 4.87. The van der Waals surface area contributed by atoms with Crippen LogP contribution in [0.1, 0.15) is 29.2 Å². The molecular weight excluding hydrogens is 214 g/mol. The summed E-state index contributed by atoms with van der Waals surface area (Å²) in [6, 6.07) is 0. The first-order chi connectivity index (χ1) is 7.74. The fourth-order valence-electron chi connectivity index (χ4n) is 1.22. The first kappa shape index (κ1) is 12.6. The molecule has 1 aromatic rings. The van der Waals surface area contributed by atoms with Crippen LogP contribution in [-0.4, -0.2) is 48.8 Å². The lowest BCUT2D eigenvalue weighted by molar-refractivity contribution is 0.0228. The van der Waals surface area contributed by atoms with Gasteiger partial charge in [-0.3, -0.25) is 0 Å². The summed E-state index contributed by atoms with van der Waals surface area (Å²) >= 11 is 0. The van der Waals surface area contributed by atoms with Crippen LogP contribution in [0.3, 0.4) is 0 Å². The van der Waals surface area contributed by atoms with E-state index in [1.54, 1.807) is 6.92 Å². The minimum atomic E-state index is -0.524. The zero-order chi connectivity index (χ0) is 12.0. The third-order valence-corrected chi connectivity index (χ3v) is 1.95. The summed E-state index contributed by atoms with van der Waals surface area (Å²) in [5.74, 6) is -0.524. The highest BCUT2D eigenvalue weighted by Crippen LogP contribution is 2.17. The largest absolute Gasteiger partial charge is 0.461 e. The van der Waals surface area contributed by atoms with Crippen LogP contribution in [-0.2, 0) is 14.2 Å². The number of nitrogens with zero attached hydrogens (tertiary/aromatic N) is 2. The van der Waals surface area contributed by atoms with E-state index in [1.165, 1.54) is 14.2 Å². The number of H-pyrrole nitrogens is 1. The molecule has 0 fully saturated rings. The standard InChI is InChI=1S/C9H15N3O4/c1-4-16-9(13)8-7(10-12-11-8)6(15-3)5-14-2/h6H,4-5H2,1-3H3,(H,10,11,12). The van der Waals surface area contributed by atoms with Crippen LogP contribution in [0.4, 0.5) is 0 Å². The number of aromatic amines is 1. The predicted octanol–water partition coefficient (Wildman–Crippen LogP) is 0.315. The summed E-state index contributed by atoms with van der Waals surface area (Å²) < 4.78 is 14.9. The molecule has 0 amide bonds. The van der Waals surface area contributed by atoms with Crippen molar-refractivity contribution < 1.29 is 19.0 Å². The van der Waals surface area contributed by atoms with Crippen LogP contribution in [0.2, 0.25) is 0 Å². The molecule has 1 atom stereocenters. The van der Waals surface area contributed by atoms with Crippen molar-refractivity contribution in [3.63, 3.8) is 0 Å². The Hall–Kier alpha value is -1.47. The van der Waals surface area contributed by atoms with Crippen molar-refractivity contribution in [2.45, 2.75) is 13.0 Å². The van der Waals surface area contributed by atoms with Gasteiger partial charge < -0.3 is 14.2 Å². The summed E-state index contributed by atoms with van der Waals surface area (Å²) in [4.78, 5) is 11.5. The molecule has 0 aliphatic heterocycles. The van der Waals surface area contributed by atoms with E-state index in [0.29, 0.717) is 5.69 Å². The monoisotopic (exact) mass is 229 g/mol. The number of hydrogen-bond acceptors (Lipinski definition) is 6. The van der Waals surface area contributed by atoms with Gasteiger partial charge in [0, 0.05) is 14.2 Å². The number of methoxy groups -OCH3 is 2. The zero-order valence-electron chi connectivity index (χ0n) is 9.52. The molecule has 0 bridgehead atoms. The Bertz CT molecular complexity index is 339. The molecule has 16 heavy (non-hydrogen) atoms. The molecule has 0 aliphatic rings. The minimum absolute atomic E-state index is 0.130. The second-order valence-corrected chi connectivity index (χ2v) is 2.96. The van der Waals surface area contributed by atoms with Crippen molar-refractivity contribution >= 4 is 5.97 Å². The molecule has 0 radical (unpaired) electrons. The highest BCUT2D eigenvalue weighted by Gasteiger charge is 2.24. The molecule has 0 aromatic carbocycles.